The molecule has 0 unspecified atom stereocenters. The van der Waals surface area contributed by atoms with Gasteiger partial charge in [0.1, 0.15) is 5.75 Å². The highest BCUT2D eigenvalue weighted by molar-refractivity contribution is 5.34. The van der Waals surface area contributed by atoms with Crippen LogP contribution in [0.3, 0.4) is 0 Å². The summed E-state index contributed by atoms with van der Waals surface area (Å²) >= 11 is 0. The molecular formula is C12H13N2O+. The molecule has 2 aromatic rings. The summed E-state index contributed by atoms with van der Waals surface area (Å²) in [6.45, 7) is 2.04. The van der Waals surface area contributed by atoms with Crippen LogP contribution in [0.2, 0.25) is 0 Å². The van der Waals surface area contributed by atoms with E-state index in [9.17, 15) is 0 Å². The van der Waals surface area contributed by atoms with E-state index in [0.717, 1.165) is 5.75 Å². The van der Waals surface area contributed by atoms with Gasteiger partial charge >= 0.3 is 5.88 Å². The Balaban J connectivity index is 2.15. The van der Waals surface area contributed by atoms with E-state index >= 15 is 0 Å². The second kappa shape index (κ2) is 4.00. The molecule has 2 rings (SSSR count). The highest BCUT2D eigenvalue weighted by Gasteiger charge is 2.02. The molecule has 0 bridgehead atoms. The highest BCUT2D eigenvalue weighted by Crippen LogP contribution is 2.17. The van der Waals surface area contributed by atoms with Gasteiger partial charge in [0, 0.05) is 0 Å². The summed E-state index contributed by atoms with van der Waals surface area (Å²) in [7, 11) is 0. The number of anilines is 1. The van der Waals surface area contributed by atoms with Gasteiger partial charge in [0.2, 0.25) is 0 Å². The quantitative estimate of drug-likeness (QED) is 0.809. The van der Waals surface area contributed by atoms with Gasteiger partial charge in [0.25, 0.3) is 0 Å². The van der Waals surface area contributed by atoms with Crippen LogP contribution in [0.25, 0.3) is 0 Å². The van der Waals surface area contributed by atoms with Gasteiger partial charge < -0.3 is 10.5 Å². The summed E-state index contributed by atoms with van der Waals surface area (Å²) in [5.41, 5.74) is 7.45. The molecule has 3 N–H and O–H groups in total. The van der Waals surface area contributed by atoms with Gasteiger partial charge in [0.15, 0.2) is 6.20 Å². The Morgan fingerprint density at radius 1 is 1.07 bits per heavy atom. The first-order valence-corrected chi connectivity index (χ1v) is 4.76. The number of hydrogen-bond acceptors (Lipinski definition) is 2. The monoisotopic (exact) mass is 201 g/mol. The van der Waals surface area contributed by atoms with Crippen LogP contribution in [0.1, 0.15) is 5.56 Å². The van der Waals surface area contributed by atoms with Crippen LogP contribution in [0.15, 0.2) is 42.6 Å². The predicted octanol–water partition coefficient (Wildman–Crippen LogP) is 2.18. The summed E-state index contributed by atoms with van der Waals surface area (Å²) < 4.78 is 5.58. The molecule has 3 nitrogen and oxygen atoms in total. The first-order valence-electron chi connectivity index (χ1n) is 4.76. The van der Waals surface area contributed by atoms with Gasteiger partial charge in [-0.1, -0.05) is 17.7 Å². The second-order valence-corrected chi connectivity index (χ2v) is 3.40. The van der Waals surface area contributed by atoms with Crippen molar-refractivity contribution in [2.45, 2.75) is 6.92 Å². The number of pyridine rings is 1. The number of nitrogens with one attached hydrogen (secondary N) is 1. The molecule has 1 aromatic heterocycles. The summed E-state index contributed by atoms with van der Waals surface area (Å²) in [4.78, 5) is 2.95. The average molecular weight is 201 g/mol. The number of aromatic nitrogens is 1. The molecule has 0 aliphatic heterocycles. The van der Waals surface area contributed by atoms with Crippen LogP contribution < -0.4 is 15.5 Å². The molecule has 15 heavy (non-hydrogen) atoms. The molecule has 0 aliphatic rings. The van der Waals surface area contributed by atoms with E-state index in [-0.39, 0.29) is 0 Å². The first kappa shape index (κ1) is 9.52. The molecule has 76 valence electrons. The standard InChI is InChI=1S/C12H12N2O/c1-9-2-5-11(6-3-9)15-12-7-4-10(13)8-14-12/h2-8H,13H2,1H3/p+1. The van der Waals surface area contributed by atoms with Gasteiger partial charge in [-0.2, -0.15) is 4.98 Å². The molecule has 3 heteroatoms. The zero-order chi connectivity index (χ0) is 10.7. The maximum atomic E-state index is 5.58. The van der Waals surface area contributed by atoms with Gasteiger partial charge in [0.05, 0.1) is 11.8 Å². The van der Waals surface area contributed by atoms with Crippen LogP contribution in [0.5, 0.6) is 11.6 Å². The number of rotatable bonds is 2. The van der Waals surface area contributed by atoms with E-state index in [1.165, 1.54) is 5.56 Å². The second-order valence-electron chi connectivity index (χ2n) is 3.40. The minimum atomic E-state index is 0.674. The van der Waals surface area contributed by atoms with Crippen molar-refractivity contribution in [3.8, 4) is 11.6 Å². The number of aryl methyl sites for hydroxylation is 1. The Kier molecular flexibility index (Phi) is 2.54. The fraction of sp³-hybridized carbons (Fsp3) is 0.0833. The Morgan fingerprint density at radius 2 is 1.80 bits per heavy atom. The fourth-order valence-corrected chi connectivity index (χ4v) is 1.22. The zero-order valence-corrected chi connectivity index (χ0v) is 8.53. The third-order valence-corrected chi connectivity index (χ3v) is 2.06. The van der Waals surface area contributed by atoms with Crippen LogP contribution in [-0.2, 0) is 0 Å². The minimum Gasteiger partial charge on any atom is -0.405 e. The van der Waals surface area contributed by atoms with Crippen molar-refractivity contribution in [1.82, 2.24) is 0 Å². The molecule has 0 fully saturated rings. The largest absolute Gasteiger partial charge is 0.405 e. The SMILES string of the molecule is Cc1ccc(Oc2ccc(N)c[nH+]2)cc1. The first-order chi connectivity index (χ1) is 7.24. The summed E-state index contributed by atoms with van der Waals surface area (Å²) in [6.07, 6.45) is 1.70. The Bertz CT molecular complexity index is 391. The van der Waals surface area contributed by atoms with Gasteiger partial charge in [-0.25, -0.2) is 0 Å². The number of hydrogen-bond donors (Lipinski definition) is 1. The Hall–Kier alpha value is -2.03. The van der Waals surface area contributed by atoms with Gasteiger partial charge in [-0.3, -0.25) is 0 Å². The van der Waals surface area contributed by atoms with E-state index in [1.807, 2.05) is 31.2 Å². The van der Waals surface area contributed by atoms with Crippen LogP contribution >= 0.6 is 0 Å². The summed E-state index contributed by atoms with van der Waals surface area (Å²) in [5.74, 6) is 1.48. The molecule has 0 radical (unpaired) electrons. The van der Waals surface area contributed by atoms with Gasteiger partial charge in [-0.05, 0) is 25.1 Å². The molecule has 0 aliphatic carbocycles. The van der Waals surface area contributed by atoms with Crippen molar-refractivity contribution >= 4 is 5.69 Å². The van der Waals surface area contributed by atoms with Crippen molar-refractivity contribution in [2.75, 3.05) is 5.73 Å². The molecule has 0 spiro atoms. The van der Waals surface area contributed by atoms with E-state index in [2.05, 4.69) is 4.98 Å². The van der Waals surface area contributed by atoms with Crippen molar-refractivity contribution in [1.29, 1.82) is 0 Å². The summed E-state index contributed by atoms with van der Waals surface area (Å²) in [5, 5.41) is 0. The van der Waals surface area contributed by atoms with Crippen LogP contribution in [0.4, 0.5) is 5.69 Å². The van der Waals surface area contributed by atoms with Gasteiger partial charge in [-0.15, -0.1) is 0 Å². The molecule has 0 atom stereocenters. The lowest BCUT2D eigenvalue weighted by Crippen LogP contribution is -2.06. The molecule has 1 heterocycles. The molecular weight excluding hydrogens is 188 g/mol. The van der Waals surface area contributed by atoms with E-state index < -0.39 is 0 Å². The smallest absolute Gasteiger partial charge is 0.371 e. The number of aromatic amines is 1. The topological polar surface area (TPSA) is 49.4 Å². The Labute approximate surface area is 88.5 Å². The fourth-order valence-electron chi connectivity index (χ4n) is 1.22. The lowest BCUT2D eigenvalue weighted by Gasteiger charge is -2.00. The lowest BCUT2D eigenvalue weighted by atomic mass is 10.2. The maximum Gasteiger partial charge on any atom is 0.371 e. The van der Waals surface area contributed by atoms with Crippen molar-refractivity contribution in [2.24, 2.45) is 0 Å². The molecule has 1 aromatic carbocycles. The summed E-state index contributed by atoms with van der Waals surface area (Å²) in [6, 6.07) is 11.5. The number of benzene rings is 1. The third kappa shape index (κ3) is 2.47. The number of H-pyrrole nitrogens is 1. The van der Waals surface area contributed by atoms with Crippen molar-refractivity contribution in [3.05, 3.63) is 48.2 Å². The van der Waals surface area contributed by atoms with E-state index in [1.54, 1.807) is 18.3 Å². The lowest BCUT2D eigenvalue weighted by molar-refractivity contribution is -0.390. The van der Waals surface area contributed by atoms with E-state index in [0.29, 0.717) is 11.6 Å². The number of nitrogens with two attached hydrogens (primary N) is 1. The third-order valence-electron chi connectivity index (χ3n) is 2.06. The zero-order valence-electron chi connectivity index (χ0n) is 8.53. The average Bonchev–Trinajstić information content (AvgIpc) is 2.25. The number of ether oxygens (including phenoxy) is 1. The number of nitrogen functional groups attached to an aromatic ring is 1. The maximum absolute atomic E-state index is 5.58. The minimum absolute atomic E-state index is 0.674. The Morgan fingerprint density at radius 3 is 2.40 bits per heavy atom. The normalized spacial score (nSPS) is 9.93. The highest BCUT2D eigenvalue weighted by atomic mass is 16.5. The van der Waals surface area contributed by atoms with Crippen molar-refractivity contribution in [3.63, 3.8) is 0 Å². The van der Waals surface area contributed by atoms with E-state index in [4.69, 9.17) is 10.5 Å². The molecule has 0 saturated carbocycles. The van der Waals surface area contributed by atoms with Crippen molar-refractivity contribution < 1.29 is 9.72 Å². The molecule has 0 amide bonds. The van der Waals surface area contributed by atoms with Crippen LogP contribution in [0, 0.1) is 6.92 Å². The van der Waals surface area contributed by atoms with Crippen LogP contribution in [-0.4, -0.2) is 0 Å². The molecule has 0 saturated heterocycles. The predicted molar refractivity (Wildman–Crippen MR) is 58.7 cm³/mol.